The Morgan fingerprint density at radius 2 is 2.29 bits per heavy atom. The van der Waals surface area contributed by atoms with E-state index in [-0.39, 0.29) is 0 Å². The molecule has 2 heterocycles. The van der Waals surface area contributed by atoms with E-state index in [2.05, 4.69) is 9.97 Å². The minimum Gasteiger partial charge on any atom is -0.411 e. The van der Waals surface area contributed by atoms with Crippen molar-refractivity contribution >= 4 is 30.7 Å². The molecule has 2 N–H and O–H groups in total. The molecule has 0 atom stereocenters. The second-order valence-corrected chi connectivity index (χ2v) is 3.20. The van der Waals surface area contributed by atoms with E-state index in [0.29, 0.717) is 11.6 Å². The molecule has 2 aromatic rings. The van der Waals surface area contributed by atoms with Crippen LogP contribution in [0.1, 0.15) is 0 Å². The van der Waals surface area contributed by atoms with Crippen LogP contribution in [0.4, 0.5) is 11.6 Å². The molecule has 70 valence electrons. The Kier molecular flexibility index (Phi) is 1.84. The highest BCUT2D eigenvalue weighted by molar-refractivity contribution is 6.19. The molecule has 0 amide bonds. The summed E-state index contributed by atoms with van der Waals surface area (Å²) in [6, 6.07) is 1.77. The molecule has 0 spiro atoms. The number of aryl methyl sites for hydroxylation is 1. The van der Waals surface area contributed by atoms with Crippen LogP contribution < -0.4 is 10.5 Å². The average molecular weight is 187 g/mol. The van der Waals surface area contributed by atoms with Crippen molar-refractivity contribution in [3.05, 3.63) is 12.4 Å². The van der Waals surface area contributed by atoms with Crippen LogP contribution in [0.25, 0.3) is 11.0 Å². The maximum Gasteiger partial charge on any atom is 0.228 e. The summed E-state index contributed by atoms with van der Waals surface area (Å²) in [6.07, 6.45) is 1.71. The van der Waals surface area contributed by atoms with Crippen molar-refractivity contribution in [2.45, 2.75) is 0 Å². The quantitative estimate of drug-likeness (QED) is 0.641. The van der Waals surface area contributed by atoms with Gasteiger partial charge in [-0.2, -0.15) is 0 Å². The predicted octanol–water partition coefficient (Wildman–Crippen LogP) is 0.0702. The number of rotatable bonds is 1. The highest BCUT2D eigenvalue weighted by Crippen LogP contribution is 2.23. The predicted molar refractivity (Wildman–Crippen MR) is 57.1 cm³/mol. The molecule has 2 rings (SSSR count). The molecule has 5 nitrogen and oxygen atoms in total. The van der Waals surface area contributed by atoms with Crippen LogP contribution in [-0.4, -0.2) is 29.6 Å². The number of anilines is 2. The van der Waals surface area contributed by atoms with Gasteiger partial charge in [-0.05, 0) is 7.05 Å². The molecule has 0 aromatic carbocycles. The zero-order valence-corrected chi connectivity index (χ0v) is 8.10. The van der Waals surface area contributed by atoms with E-state index in [0.717, 1.165) is 11.0 Å². The fraction of sp³-hybridized carbons (Fsp3) is 0.250. The van der Waals surface area contributed by atoms with Gasteiger partial charge in [-0.3, -0.25) is 0 Å². The minimum absolute atomic E-state index is 0.438. The molecule has 14 heavy (non-hydrogen) atoms. The van der Waals surface area contributed by atoms with Gasteiger partial charge in [-0.15, -0.1) is 0 Å². The van der Waals surface area contributed by atoms with E-state index in [1.54, 1.807) is 19.4 Å². The van der Waals surface area contributed by atoms with Crippen LogP contribution in [0.2, 0.25) is 0 Å². The first-order chi connectivity index (χ1) is 6.59. The zero-order chi connectivity index (χ0) is 10.3. The van der Waals surface area contributed by atoms with E-state index in [1.165, 1.54) is 4.81 Å². The second kappa shape index (κ2) is 2.90. The van der Waals surface area contributed by atoms with Gasteiger partial charge >= 0.3 is 0 Å². The maximum absolute atomic E-state index is 5.66. The first-order valence-corrected chi connectivity index (χ1v) is 4.15. The Bertz CT molecular complexity index is 476. The monoisotopic (exact) mass is 187 g/mol. The molecule has 0 aliphatic carbocycles. The van der Waals surface area contributed by atoms with Crippen molar-refractivity contribution in [2.24, 2.45) is 7.05 Å². The first-order valence-electron chi connectivity index (χ1n) is 4.15. The molecular weight excluding hydrogens is 177 g/mol. The maximum atomic E-state index is 5.66. The summed E-state index contributed by atoms with van der Waals surface area (Å²) in [5, 5.41) is 0. The smallest absolute Gasteiger partial charge is 0.228 e. The molecule has 0 saturated carbocycles. The lowest BCUT2D eigenvalue weighted by Gasteiger charge is -2.12. The summed E-state index contributed by atoms with van der Waals surface area (Å²) >= 11 is 0. The lowest BCUT2D eigenvalue weighted by molar-refractivity contribution is 0.947. The third kappa shape index (κ3) is 1.19. The Balaban J connectivity index is 2.82. The Hall–Kier alpha value is -1.72. The molecule has 0 aliphatic rings. The highest BCUT2D eigenvalue weighted by Gasteiger charge is 2.09. The van der Waals surface area contributed by atoms with Crippen LogP contribution >= 0.6 is 0 Å². The van der Waals surface area contributed by atoms with Gasteiger partial charge in [0.25, 0.3) is 0 Å². The normalized spacial score (nSPS) is 10.7. The van der Waals surface area contributed by atoms with Crippen molar-refractivity contribution in [1.82, 2.24) is 14.5 Å². The summed E-state index contributed by atoms with van der Waals surface area (Å²) in [6.45, 7) is 0. The molecule has 0 bridgehead atoms. The number of hydrogen-bond acceptors (Lipinski definition) is 4. The van der Waals surface area contributed by atoms with Gasteiger partial charge in [0, 0.05) is 13.1 Å². The number of aromatic nitrogens is 3. The molecular formula is C8H10BN5. The van der Waals surface area contributed by atoms with E-state index >= 15 is 0 Å². The van der Waals surface area contributed by atoms with Crippen molar-refractivity contribution < 1.29 is 0 Å². The number of nitrogens with zero attached hydrogens (tertiary/aromatic N) is 4. The summed E-state index contributed by atoms with van der Waals surface area (Å²) in [7, 11) is 9.23. The van der Waals surface area contributed by atoms with Gasteiger partial charge < -0.3 is 15.1 Å². The van der Waals surface area contributed by atoms with Crippen LogP contribution in [0, 0.1) is 0 Å². The summed E-state index contributed by atoms with van der Waals surface area (Å²) in [5.41, 5.74) is 7.33. The average Bonchev–Trinajstić information content (AvgIpc) is 2.47. The lowest BCUT2D eigenvalue weighted by Crippen LogP contribution is -2.14. The second-order valence-electron chi connectivity index (χ2n) is 3.20. The molecule has 0 unspecified atom stereocenters. The third-order valence-electron chi connectivity index (χ3n) is 2.05. The van der Waals surface area contributed by atoms with Gasteiger partial charge in [-0.25, -0.2) is 9.97 Å². The molecule has 0 aliphatic heterocycles. The van der Waals surface area contributed by atoms with Crippen molar-refractivity contribution in [1.29, 1.82) is 0 Å². The molecule has 0 saturated heterocycles. The van der Waals surface area contributed by atoms with Crippen LogP contribution in [-0.2, 0) is 7.05 Å². The van der Waals surface area contributed by atoms with Crippen molar-refractivity contribution in [3.63, 3.8) is 0 Å². The third-order valence-corrected chi connectivity index (χ3v) is 2.05. The number of hydrogen-bond donors (Lipinski definition) is 1. The number of nitrogens with two attached hydrogens (primary N) is 1. The van der Waals surface area contributed by atoms with Crippen LogP contribution in [0.15, 0.2) is 12.4 Å². The fourth-order valence-corrected chi connectivity index (χ4v) is 1.38. The number of fused-ring (bicyclic) bond motifs is 1. The zero-order valence-electron chi connectivity index (χ0n) is 8.10. The standard InChI is InChI=1S/C8H10BN5/c1-13-4-11-7-5(13)3-6(10)12-8(7)14(2)9/h3-4H,1-2H3,(H2,10,12). The Labute approximate surface area is 83.0 Å². The summed E-state index contributed by atoms with van der Waals surface area (Å²) in [4.78, 5) is 9.73. The van der Waals surface area contributed by atoms with E-state index < -0.39 is 0 Å². The van der Waals surface area contributed by atoms with E-state index in [1.807, 2.05) is 11.6 Å². The van der Waals surface area contributed by atoms with Gasteiger partial charge in [-0.1, -0.05) is 0 Å². The van der Waals surface area contributed by atoms with Gasteiger partial charge in [0.1, 0.15) is 17.2 Å². The van der Waals surface area contributed by atoms with E-state index in [9.17, 15) is 0 Å². The fourth-order valence-electron chi connectivity index (χ4n) is 1.38. The lowest BCUT2D eigenvalue weighted by atomic mass is 10.3. The van der Waals surface area contributed by atoms with Gasteiger partial charge in [0.05, 0.1) is 11.8 Å². The Morgan fingerprint density at radius 3 is 2.93 bits per heavy atom. The molecule has 2 aromatic heterocycles. The molecule has 0 fully saturated rings. The van der Waals surface area contributed by atoms with E-state index in [4.69, 9.17) is 13.7 Å². The number of pyridine rings is 1. The minimum atomic E-state index is 0.438. The SMILES string of the molecule is [B]N(C)c1nc(N)cc2c1ncn2C. The van der Waals surface area contributed by atoms with Gasteiger partial charge in [0.15, 0.2) is 0 Å². The highest BCUT2D eigenvalue weighted by atomic mass is 15.1. The molecule has 2 radical (unpaired) electrons. The molecule has 6 heteroatoms. The number of nitrogen functional groups attached to an aromatic ring is 1. The summed E-state index contributed by atoms with van der Waals surface area (Å²) < 4.78 is 1.88. The first kappa shape index (κ1) is 8.86. The van der Waals surface area contributed by atoms with Crippen LogP contribution in [0.3, 0.4) is 0 Å². The van der Waals surface area contributed by atoms with Gasteiger partial charge in [0.2, 0.25) is 7.98 Å². The summed E-state index contributed by atoms with van der Waals surface area (Å²) in [5.74, 6) is 1.02. The number of imidazole rings is 1. The van der Waals surface area contributed by atoms with Crippen molar-refractivity contribution in [3.8, 4) is 0 Å². The largest absolute Gasteiger partial charge is 0.411 e. The Morgan fingerprint density at radius 1 is 1.57 bits per heavy atom. The van der Waals surface area contributed by atoms with Crippen molar-refractivity contribution in [2.75, 3.05) is 17.6 Å². The van der Waals surface area contributed by atoms with Crippen LogP contribution in [0.5, 0.6) is 0 Å². The topological polar surface area (TPSA) is 60.0 Å².